The zero-order valence-corrected chi connectivity index (χ0v) is 9.60. The summed E-state index contributed by atoms with van der Waals surface area (Å²) in [5, 5.41) is 4.45. The molecule has 0 saturated heterocycles. The molecular formula is C10H24NS. The average molecular weight is 190 g/mol. The first-order valence-corrected chi connectivity index (χ1v) is 5.05. The first-order valence-electron chi connectivity index (χ1n) is 5.05. The average Bonchev–Trinajstić information content (AvgIpc) is 2.03. The monoisotopic (exact) mass is 190 g/mol. The molecule has 0 unspecified atom stereocenters. The molecule has 0 saturated carbocycles. The Morgan fingerprint density at radius 3 is 1.50 bits per heavy atom. The molecule has 1 nitrogen and oxygen atoms in total. The van der Waals surface area contributed by atoms with Gasteiger partial charge in [-0.05, 0) is 12.8 Å². The molecule has 75 valence electrons. The predicted molar refractivity (Wildman–Crippen MR) is 61.3 cm³/mol. The summed E-state index contributed by atoms with van der Waals surface area (Å²) >= 11 is 0. The minimum absolute atomic E-state index is 0. The standard InChI is InChI=1S/C10H22N.H2S/c1-3-5-7-9-11-10-8-6-4-2;/h3-10H2,1-2H3;1H2. The summed E-state index contributed by atoms with van der Waals surface area (Å²) in [5.74, 6) is 0. The highest BCUT2D eigenvalue weighted by Crippen LogP contribution is 1.94. The second kappa shape index (κ2) is 13.9. The number of hydrogen-bond donors (Lipinski definition) is 0. The van der Waals surface area contributed by atoms with E-state index >= 15 is 0 Å². The predicted octanol–water partition coefficient (Wildman–Crippen LogP) is 3.08. The molecule has 0 aromatic rings. The third-order valence-corrected chi connectivity index (χ3v) is 1.84. The maximum atomic E-state index is 4.45. The molecule has 1 radical (unpaired) electrons. The van der Waals surface area contributed by atoms with Gasteiger partial charge in [-0.1, -0.05) is 39.5 Å². The maximum absolute atomic E-state index is 4.45. The first kappa shape index (κ1) is 14.8. The maximum Gasteiger partial charge on any atom is 0.0133 e. The Kier molecular flexibility index (Phi) is 17.1. The lowest BCUT2D eigenvalue weighted by Crippen LogP contribution is -2.08. The molecule has 0 atom stereocenters. The summed E-state index contributed by atoms with van der Waals surface area (Å²) in [7, 11) is 0. The van der Waals surface area contributed by atoms with Gasteiger partial charge in [0, 0.05) is 13.1 Å². The van der Waals surface area contributed by atoms with Crippen molar-refractivity contribution < 1.29 is 0 Å². The molecule has 0 fully saturated rings. The van der Waals surface area contributed by atoms with Crippen molar-refractivity contribution in [1.82, 2.24) is 5.32 Å². The zero-order chi connectivity index (χ0) is 8.36. The normalized spacial score (nSPS) is 9.50. The third kappa shape index (κ3) is 12.9. The van der Waals surface area contributed by atoms with Gasteiger partial charge in [0.15, 0.2) is 0 Å². The van der Waals surface area contributed by atoms with E-state index < -0.39 is 0 Å². The SMILES string of the molecule is CCCCC[N]CCCCC.S. The summed E-state index contributed by atoms with van der Waals surface area (Å²) in [6.45, 7) is 6.66. The van der Waals surface area contributed by atoms with E-state index in [4.69, 9.17) is 0 Å². The molecule has 0 bridgehead atoms. The van der Waals surface area contributed by atoms with Crippen LogP contribution in [-0.4, -0.2) is 13.1 Å². The summed E-state index contributed by atoms with van der Waals surface area (Å²) < 4.78 is 0. The third-order valence-electron chi connectivity index (χ3n) is 1.84. The van der Waals surface area contributed by atoms with E-state index in [0.29, 0.717) is 0 Å². The van der Waals surface area contributed by atoms with E-state index in [-0.39, 0.29) is 13.5 Å². The van der Waals surface area contributed by atoms with Crippen LogP contribution in [0.5, 0.6) is 0 Å². The molecule has 0 spiro atoms. The van der Waals surface area contributed by atoms with Crippen LogP contribution in [0.4, 0.5) is 0 Å². The van der Waals surface area contributed by atoms with Gasteiger partial charge in [0.05, 0.1) is 0 Å². The Morgan fingerprint density at radius 2 is 1.17 bits per heavy atom. The van der Waals surface area contributed by atoms with Gasteiger partial charge in [0.1, 0.15) is 0 Å². The Bertz CT molecular complexity index is 58.9. The van der Waals surface area contributed by atoms with E-state index in [9.17, 15) is 0 Å². The van der Waals surface area contributed by atoms with Gasteiger partial charge in [0.2, 0.25) is 0 Å². The molecule has 0 rings (SSSR count). The van der Waals surface area contributed by atoms with Crippen molar-refractivity contribution >= 4 is 13.5 Å². The molecule has 0 aliphatic rings. The Balaban J connectivity index is 0. The van der Waals surface area contributed by atoms with Gasteiger partial charge in [-0.15, -0.1) is 0 Å². The second-order valence-corrected chi connectivity index (χ2v) is 3.09. The number of hydrogen-bond acceptors (Lipinski definition) is 0. The summed E-state index contributed by atoms with van der Waals surface area (Å²) in [5.41, 5.74) is 0. The van der Waals surface area contributed by atoms with Crippen LogP contribution in [0.15, 0.2) is 0 Å². The van der Waals surface area contributed by atoms with Crippen LogP contribution in [-0.2, 0) is 0 Å². The summed E-state index contributed by atoms with van der Waals surface area (Å²) in [4.78, 5) is 0. The second-order valence-electron chi connectivity index (χ2n) is 3.09. The summed E-state index contributed by atoms with van der Waals surface area (Å²) in [6, 6.07) is 0. The lowest BCUT2D eigenvalue weighted by Gasteiger charge is -2.00. The molecule has 0 amide bonds. The Morgan fingerprint density at radius 1 is 0.750 bits per heavy atom. The molecular weight excluding hydrogens is 166 g/mol. The minimum atomic E-state index is 0. The van der Waals surface area contributed by atoms with Crippen LogP contribution in [0.2, 0.25) is 0 Å². The van der Waals surface area contributed by atoms with Crippen LogP contribution in [0.25, 0.3) is 0 Å². The fourth-order valence-electron chi connectivity index (χ4n) is 1.06. The molecule has 0 aromatic carbocycles. The largest absolute Gasteiger partial charge is 0.242 e. The van der Waals surface area contributed by atoms with E-state index in [2.05, 4.69) is 19.2 Å². The number of unbranched alkanes of at least 4 members (excludes halogenated alkanes) is 4. The smallest absolute Gasteiger partial charge is 0.0133 e. The van der Waals surface area contributed by atoms with E-state index in [0.717, 1.165) is 13.1 Å². The Hall–Kier alpha value is 0.310. The van der Waals surface area contributed by atoms with Crippen molar-refractivity contribution in [2.75, 3.05) is 13.1 Å². The lowest BCUT2D eigenvalue weighted by molar-refractivity contribution is 0.574. The minimum Gasteiger partial charge on any atom is -0.242 e. The highest BCUT2D eigenvalue weighted by atomic mass is 32.1. The van der Waals surface area contributed by atoms with E-state index in [1.54, 1.807) is 0 Å². The number of nitrogens with zero attached hydrogens (tertiary/aromatic N) is 1. The van der Waals surface area contributed by atoms with Crippen LogP contribution in [0, 0.1) is 0 Å². The molecule has 12 heavy (non-hydrogen) atoms. The van der Waals surface area contributed by atoms with Gasteiger partial charge in [0.25, 0.3) is 0 Å². The van der Waals surface area contributed by atoms with Gasteiger partial charge in [-0.25, -0.2) is 5.32 Å². The molecule has 0 heterocycles. The zero-order valence-electron chi connectivity index (χ0n) is 8.60. The topological polar surface area (TPSA) is 14.1 Å². The molecule has 0 N–H and O–H groups in total. The summed E-state index contributed by atoms with van der Waals surface area (Å²) in [6.07, 6.45) is 7.90. The molecule has 0 aromatic heterocycles. The lowest BCUT2D eigenvalue weighted by atomic mass is 10.2. The van der Waals surface area contributed by atoms with Crippen LogP contribution in [0.3, 0.4) is 0 Å². The Labute approximate surface area is 84.8 Å². The molecule has 2 heteroatoms. The van der Waals surface area contributed by atoms with Gasteiger partial charge < -0.3 is 0 Å². The van der Waals surface area contributed by atoms with Crippen LogP contribution < -0.4 is 5.32 Å². The van der Waals surface area contributed by atoms with Gasteiger partial charge in [-0.2, -0.15) is 13.5 Å². The van der Waals surface area contributed by atoms with Crippen LogP contribution >= 0.6 is 13.5 Å². The van der Waals surface area contributed by atoms with Gasteiger partial charge >= 0.3 is 0 Å². The van der Waals surface area contributed by atoms with Crippen molar-refractivity contribution in [3.8, 4) is 0 Å². The van der Waals surface area contributed by atoms with Crippen molar-refractivity contribution in [2.24, 2.45) is 0 Å². The first-order chi connectivity index (χ1) is 5.41. The highest BCUT2D eigenvalue weighted by molar-refractivity contribution is 7.59. The van der Waals surface area contributed by atoms with Crippen molar-refractivity contribution in [3.05, 3.63) is 0 Å². The highest BCUT2D eigenvalue weighted by Gasteiger charge is 1.88. The number of rotatable bonds is 8. The fraction of sp³-hybridized carbons (Fsp3) is 1.00. The van der Waals surface area contributed by atoms with Crippen LogP contribution in [0.1, 0.15) is 52.4 Å². The van der Waals surface area contributed by atoms with E-state index in [1.165, 1.54) is 38.5 Å². The molecule has 0 aliphatic carbocycles. The van der Waals surface area contributed by atoms with Gasteiger partial charge in [-0.3, -0.25) is 0 Å². The van der Waals surface area contributed by atoms with E-state index in [1.807, 2.05) is 0 Å². The fourth-order valence-corrected chi connectivity index (χ4v) is 1.06. The van der Waals surface area contributed by atoms with Crippen molar-refractivity contribution in [3.63, 3.8) is 0 Å². The van der Waals surface area contributed by atoms with Crippen molar-refractivity contribution in [2.45, 2.75) is 52.4 Å². The molecule has 0 aliphatic heterocycles. The van der Waals surface area contributed by atoms with Crippen molar-refractivity contribution in [1.29, 1.82) is 0 Å². The quantitative estimate of drug-likeness (QED) is 0.522.